The van der Waals surface area contributed by atoms with E-state index in [0.29, 0.717) is 24.9 Å². The molecule has 0 bridgehead atoms. The number of nitrogens with zero attached hydrogens (tertiary/aromatic N) is 2. The van der Waals surface area contributed by atoms with Crippen LogP contribution in [0, 0.1) is 0 Å². The third-order valence-electron chi connectivity index (χ3n) is 3.39. The van der Waals surface area contributed by atoms with Gasteiger partial charge >= 0.3 is 0 Å². The molecular formula is C10H21N3O2S. The van der Waals surface area contributed by atoms with Crippen molar-refractivity contribution in [2.24, 2.45) is 0 Å². The average Bonchev–Trinajstić information content (AvgIpc) is 2.55. The molecule has 2 aliphatic rings. The van der Waals surface area contributed by atoms with Crippen molar-refractivity contribution in [3.8, 4) is 0 Å². The van der Waals surface area contributed by atoms with Gasteiger partial charge in [-0.15, -0.1) is 0 Å². The lowest BCUT2D eigenvalue weighted by atomic mass is 10.1. The molecule has 0 aromatic heterocycles. The maximum Gasteiger partial charge on any atom is 0.214 e. The topological polar surface area (TPSA) is 52.6 Å². The SMILES string of the molecule is CN1CCNC(CCN2CCCS2(=O)=O)C1. The Bertz CT molecular complexity index is 331. The Labute approximate surface area is 97.8 Å². The van der Waals surface area contributed by atoms with Crippen LogP contribution in [-0.2, 0) is 10.0 Å². The normalized spacial score (nSPS) is 31.9. The van der Waals surface area contributed by atoms with Gasteiger partial charge in [0.1, 0.15) is 0 Å². The number of piperazine rings is 1. The molecule has 2 saturated heterocycles. The lowest BCUT2D eigenvalue weighted by molar-refractivity contribution is 0.225. The first-order valence-electron chi connectivity index (χ1n) is 5.98. The van der Waals surface area contributed by atoms with Crippen molar-refractivity contribution >= 4 is 10.0 Å². The first-order chi connectivity index (χ1) is 7.58. The van der Waals surface area contributed by atoms with E-state index in [2.05, 4.69) is 17.3 Å². The van der Waals surface area contributed by atoms with Gasteiger partial charge in [0.15, 0.2) is 0 Å². The summed E-state index contributed by atoms with van der Waals surface area (Å²) in [5, 5.41) is 3.44. The fraction of sp³-hybridized carbons (Fsp3) is 1.00. The zero-order valence-corrected chi connectivity index (χ0v) is 10.7. The second-order valence-electron chi connectivity index (χ2n) is 4.77. The van der Waals surface area contributed by atoms with Crippen LogP contribution in [-0.4, -0.2) is 69.2 Å². The van der Waals surface area contributed by atoms with Crippen molar-refractivity contribution < 1.29 is 8.42 Å². The van der Waals surface area contributed by atoms with E-state index in [1.165, 1.54) is 0 Å². The quantitative estimate of drug-likeness (QED) is 0.718. The van der Waals surface area contributed by atoms with E-state index >= 15 is 0 Å². The van der Waals surface area contributed by atoms with Crippen molar-refractivity contribution in [1.82, 2.24) is 14.5 Å². The Morgan fingerprint density at radius 3 is 2.81 bits per heavy atom. The number of likely N-dealkylation sites (N-methyl/N-ethyl adjacent to an activating group) is 1. The van der Waals surface area contributed by atoms with Crippen LogP contribution in [0.25, 0.3) is 0 Å². The van der Waals surface area contributed by atoms with Crippen LogP contribution in [0.15, 0.2) is 0 Å². The van der Waals surface area contributed by atoms with E-state index in [4.69, 9.17) is 0 Å². The maximum absolute atomic E-state index is 11.6. The minimum absolute atomic E-state index is 0.338. The van der Waals surface area contributed by atoms with Gasteiger partial charge in [-0.1, -0.05) is 0 Å². The lowest BCUT2D eigenvalue weighted by Gasteiger charge is -2.31. The number of hydrogen-bond donors (Lipinski definition) is 1. The molecule has 0 saturated carbocycles. The second-order valence-corrected chi connectivity index (χ2v) is 6.86. The standard InChI is InChI=1S/C10H21N3O2S/c1-12-7-4-11-10(9-12)3-6-13-5-2-8-16(13,14)15/h10-11H,2-9H2,1H3. The Hall–Kier alpha value is -0.170. The molecule has 1 atom stereocenters. The minimum Gasteiger partial charge on any atom is -0.311 e. The average molecular weight is 247 g/mol. The van der Waals surface area contributed by atoms with E-state index in [0.717, 1.165) is 32.5 Å². The molecule has 5 nitrogen and oxygen atoms in total. The molecule has 1 unspecified atom stereocenters. The van der Waals surface area contributed by atoms with Gasteiger partial charge in [0.2, 0.25) is 10.0 Å². The molecule has 2 rings (SSSR count). The van der Waals surface area contributed by atoms with Crippen LogP contribution in [0.4, 0.5) is 0 Å². The number of nitrogens with one attached hydrogen (secondary N) is 1. The minimum atomic E-state index is -2.91. The van der Waals surface area contributed by atoms with E-state index in [1.807, 2.05) is 0 Å². The molecule has 16 heavy (non-hydrogen) atoms. The number of sulfonamides is 1. The maximum atomic E-state index is 11.6. The molecule has 2 heterocycles. The number of rotatable bonds is 3. The van der Waals surface area contributed by atoms with Gasteiger partial charge in [-0.2, -0.15) is 0 Å². The lowest BCUT2D eigenvalue weighted by Crippen LogP contribution is -2.50. The fourth-order valence-corrected chi connectivity index (χ4v) is 3.97. The summed E-state index contributed by atoms with van der Waals surface area (Å²) in [5.74, 6) is 0.338. The predicted molar refractivity (Wildman–Crippen MR) is 63.9 cm³/mol. The molecule has 2 fully saturated rings. The van der Waals surface area contributed by atoms with Gasteiger partial charge in [-0.3, -0.25) is 0 Å². The van der Waals surface area contributed by atoms with Gasteiger partial charge in [0.05, 0.1) is 5.75 Å². The van der Waals surface area contributed by atoms with Crippen LogP contribution < -0.4 is 5.32 Å². The molecule has 2 aliphatic heterocycles. The first-order valence-corrected chi connectivity index (χ1v) is 7.58. The molecule has 94 valence electrons. The van der Waals surface area contributed by atoms with E-state index in [1.54, 1.807) is 4.31 Å². The largest absolute Gasteiger partial charge is 0.311 e. The van der Waals surface area contributed by atoms with Gasteiger partial charge in [0.25, 0.3) is 0 Å². The van der Waals surface area contributed by atoms with E-state index in [-0.39, 0.29) is 0 Å². The molecule has 1 N–H and O–H groups in total. The van der Waals surface area contributed by atoms with Gasteiger partial charge < -0.3 is 10.2 Å². The summed E-state index contributed by atoms with van der Waals surface area (Å²) in [4.78, 5) is 2.29. The van der Waals surface area contributed by atoms with Crippen LogP contribution in [0.3, 0.4) is 0 Å². The first kappa shape index (κ1) is 12.3. The highest BCUT2D eigenvalue weighted by Crippen LogP contribution is 2.14. The molecule has 0 aromatic rings. The number of hydrogen-bond acceptors (Lipinski definition) is 4. The summed E-state index contributed by atoms with van der Waals surface area (Å²) in [6, 6.07) is 0.439. The molecule has 6 heteroatoms. The summed E-state index contributed by atoms with van der Waals surface area (Å²) in [7, 11) is -0.798. The van der Waals surface area contributed by atoms with E-state index in [9.17, 15) is 8.42 Å². The second kappa shape index (κ2) is 5.00. The molecular weight excluding hydrogens is 226 g/mol. The van der Waals surface area contributed by atoms with Crippen molar-refractivity contribution in [3.05, 3.63) is 0 Å². The smallest absolute Gasteiger partial charge is 0.214 e. The summed E-state index contributed by atoms with van der Waals surface area (Å²) in [5.41, 5.74) is 0. The Morgan fingerprint density at radius 2 is 2.19 bits per heavy atom. The van der Waals surface area contributed by atoms with Crippen molar-refractivity contribution in [3.63, 3.8) is 0 Å². The highest BCUT2D eigenvalue weighted by atomic mass is 32.2. The molecule has 0 spiro atoms. The van der Waals surface area contributed by atoms with Crippen LogP contribution in [0.2, 0.25) is 0 Å². The fourth-order valence-electron chi connectivity index (χ4n) is 2.43. The van der Waals surface area contributed by atoms with Crippen molar-refractivity contribution in [1.29, 1.82) is 0 Å². The zero-order valence-electron chi connectivity index (χ0n) is 9.85. The van der Waals surface area contributed by atoms with Crippen molar-refractivity contribution in [2.45, 2.75) is 18.9 Å². The highest BCUT2D eigenvalue weighted by molar-refractivity contribution is 7.89. The van der Waals surface area contributed by atoms with Crippen LogP contribution in [0.1, 0.15) is 12.8 Å². The van der Waals surface area contributed by atoms with E-state index < -0.39 is 10.0 Å². The predicted octanol–water partition coefficient (Wildman–Crippen LogP) is -0.684. The Morgan fingerprint density at radius 1 is 1.38 bits per heavy atom. The van der Waals surface area contributed by atoms with Crippen molar-refractivity contribution in [2.75, 3.05) is 45.5 Å². The molecule has 0 aromatic carbocycles. The zero-order chi connectivity index (χ0) is 11.6. The highest BCUT2D eigenvalue weighted by Gasteiger charge is 2.28. The summed E-state index contributed by atoms with van der Waals surface area (Å²) in [6.07, 6.45) is 1.71. The van der Waals surface area contributed by atoms with Crippen LogP contribution in [0.5, 0.6) is 0 Å². The summed E-state index contributed by atoms with van der Waals surface area (Å²) >= 11 is 0. The molecule has 0 amide bonds. The third kappa shape index (κ3) is 2.94. The Balaban J connectivity index is 1.79. The molecule has 0 aliphatic carbocycles. The van der Waals surface area contributed by atoms with Gasteiger partial charge in [-0.25, -0.2) is 12.7 Å². The summed E-state index contributed by atoms with van der Waals surface area (Å²) < 4.78 is 24.8. The summed E-state index contributed by atoms with van der Waals surface area (Å²) in [6.45, 7) is 4.50. The van der Waals surface area contributed by atoms with Gasteiger partial charge in [-0.05, 0) is 19.9 Å². The monoisotopic (exact) mass is 247 g/mol. The van der Waals surface area contributed by atoms with Gasteiger partial charge in [0, 0.05) is 38.8 Å². The van der Waals surface area contributed by atoms with Crippen LogP contribution >= 0.6 is 0 Å². The molecule has 0 radical (unpaired) electrons. The Kier molecular flexibility index (Phi) is 3.84. The third-order valence-corrected chi connectivity index (χ3v) is 5.35.